The van der Waals surface area contributed by atoms with Crippen LogP contribution in [0.5, 0.6) is 0 Å². The van der Waals surface area contributed by atoms with Gasteiger partial charge in [-0.05, 0) is 31.7 Å². The average Bonchev–Trinajstić information content (AvgIpc) is 3.17. The molecule has 16 heavy (non-hydrogen) atoms. The molecule has 0 spiro atoms. The van der Waals surface area contributed by atoms with Crippen LogP contribution in [0.25, 0.3) is 0 Å². The van der Waals surface area contributed by atoms with Crippen molar-refractivity contribution in [1.82, 2.24) is 10.2 Å². The van der Waals surface area contributed by atoms with Gasteiger partial charge in [0.2, 0.25) is 0 Å². The van der Waals surface area contributed by atoms with Crippen molar-refractivity contribution < 1.29 is 4.74 Å². The smallest absolute Gasteiger partial charge is 0.0634 e. The third-order valence-electron chi connectivity index (χ3n) is 4.09. The zero-order chi connectivity index (χ0) is 10.8. The van der Waals surface area contributed by atoms with E-state index in [0.717, 1.165) is 38.3 Å². The molecule has 0 aromatic rings. The maximum absolute atomic E-state index is 5.61. The lowest BCUT2D eigenvalue weighted by molar-refractivity contribution is -0.00788. The summed E-state index contributed by atoms with van der Waals surface area (Å²) in [6.45, 7) is 5.44. The number of nitrogens with zero attached hydrogens (tertiary/aromatic N) is 1. The van der Waals surface area contributed by atoms with E-state index in [9.17, 15) is 0 Å². The molecule has 1 atom stereocenters. The standard InChI is InChI=1S/C13H24N2O/c1-2-11(1)5-6-15-7-8-16-10-13(15)9-14-12-3-4-12/h11-14H,1-10H2. The molecule has 1 unspecified atom stereocenters. The molecule has 0 bridgehead atoms. The highest BCUT2D eigenvalue weighted by Gasteiger charge is 2.28. The van der Waals surface area contributed by atoms with Crippen molar-refractivity contribution in [2.24, 2.45) is 5.92 Å². The Kier molecular flexibility index (Phi) is 3.46. The fourth-order valence-corrected chi connectivity index (χ4v) is 2.52. The molecule has 2 aliphatic carbocycles. The molecule has 1 aliphatic heterocycles. The second-order valence-corrected chi connectivity index (χ2v) is 5.68. The first-order valence-corrected chi connectivity index (χ1v) is 6.97. The van der Waals surface area contributed by atoms with Crippen molar-refractivity contribution in [3.8, 4) is 0 Å². The quantitative estimate of drug-likeness (QED) is 0.734. The summed E-state index contributed by atoms with van der Waals surface area (Å²) in [4.78, 5) is 2.65. The maximum Gasteiger partial charge on any atom is 0.0634 e. The van der Waals surface area contributed by atoms with E-state index >= 15 is 0 Å². The zero-order valence-electron chi connectivity index (χ0n) is 10.2. The summed E-state index contributed by atoms with van der Waals surface area (Å²) in [6, 6.07) is 1.46. The molecular formula is C13H24N2O. The second-order valence-electron chi connectivity index (χ2n) is 5.68. The molecule has 0 amide bonds. The van der Waals surface area contributed by atoms with E-state index in [1.165, 1.54) is 38.6 Å². The van der Waals surface area contributed by atoms with Crippen LogP contribution in [0, 0.1) is 5.92 Å². The van der Waals surface area contributed by atoms with Gasteiger partial charge >= 0.3 is 0 Å². The first kappa shape index (κ1) is 11.0. The Morgan fingerprint density at radius 3 is 2.81 bits per heavy atom. The Bertz CT molecular complexity index is 202. The lowest BCUT2D eigenvalue weighted by Crippen LogP contribution is -2.51. The summed E-state index contributed by atoms with van der Waals surface area (Å²) >= 11 is 0. The second kappa shape index (κ2) is 5.03. The monoisotopic (exact) mass is 224 g/mol. The highest BCUT2D eigenvalue weighted by molar-refractivity contribution is 4.86. The number of nitrogens with one attached hydrogen (secondary N) is 1. The van der Waals surface area contributed by atoms with Crippen molar-refractivity contribution in [2.75, 3.05) is 32.8 Å². The fraction of sp³-hybridized carbons (Fsp3) is 1.00. The van der Waals surface area contributed by atoms with Gasteiger partial charge in [-0.3, -0.25) is 4.90 Å². The van der Waals surface area contributed by atoms with E-state index in [-0.39, 0.29) is 0 Å². The first-order valence-electron chi connectivity index (χ1n) is 6.97. The molecule has 3 fully saturated rings. The van der Waals surface area contributed by atoms with Gasteiger partial charge < -0.3 is 10.1 Å². The average molecular weight is 224 g/mol. The van der Waals surface area contributed by atoms with Crippen LogP contribution in [0.15, 0.2) is 0 Å². The van der Waals surface area contributed by atoms with Gasteiger partial charge in [0.15, 0.2) is 0 Å². The highest BCUT2D eigenvalue weighted by Crippen LogP contribution is 2.32. The summed E-state index contributed by atoms with van der Waals surface area (Å²) < 4.78 is 5.61. The van der Waals surface area contributed by atoms with Crippen LogP contribution in [0.3, 0.4) is 0 Å². The summed E-state index contributed by atoms with van der Waals surface area (Å²) in [5.41, 5.74) is 0. The molecule has 1 saturated heterocycles. The molecule has 0 aromatic heterocycles. The van der Waals surface area contributed by atoms with Crippen LogP contribution in [0.2, 0.25) is 0 Å². The van der Waals surface area contributed by atoms with Gasteiger partial charge in [-0.1, -0.05) is 12.8 Å². The van der Waals surface area contributed by atoms with Crippen molar-refractivity contribution in [1.29, 1.82) is 0 Å². The third-order valence-corrected chi connectivity index (χ3v) is 4.09. The van der Waals surface area contributed by atoms with Gasteiger partial charge in [0, 0.05) is 25.2 Å². The third kappa shape index (κ3) is 3.19. The minimum Gasteiger partial charge on any atom is -0.378 e. The molecule has 3 aliphatic rings. The number of morpholine rings is 1. The zero-order valence-corrected chi connectivity index (χ0v) is 10.2. The van der Waals surface area contributed by atoms with E-state index in [4.69, 9.17) is 4.74 Å². The molecule has 3 heteroatoms. The van der Waals surface area contributed by atoms with Crippen molar-refractivity contribution in [3.05, 3.63) is 0 Å². The van der Waals surface area contributed by atoms with Gasteiger partial charge in [-0.2, -0.15) is 0 Å². The van der Waals surface area contributed by atoms with Gasteiger partial charge in [0.25, 0.3) is 0 Å². The van der Waals surface area contributed by atoms with Crippen molar-refractivity contribution in [2.45, 2.75) is 44.2 Å². The SMILES string of the molecule is C1CN(CCC2CC2)C(CNC2CC2)CO1. The molecule has 2 saturated carbocycles. The minimum atomic E-state index is 0.632. The largest absolute Gasteiger partial charge is 0.378 e. The Morgan fingerprint density at radius 1 is 1.19 bits per heavy atom. The van der Waals surface area contributed by atoms with E-state index < -0.39 is 0 Å². The van der Waals surface area contributed by atoms with E-state index in [2.05, 4.69) is 10.2 Å². The molecule has 3 rings (SSSR count). The maximum atomic E-state index is 5.61. The van der Waals surface area contributed by atoms with E-state index in [1.807, 2.05) is 0 Å². The van der Waals surface area contributed by atoms with Crippen LogP contribution in [-0.2, 0) is 4.74 Å². The lowest BCUT2D eigenvalue weighted by Gasteiger charge is -2.35. The Morgan fingerprint density at radius 2 is 2.06 bits per heavy atom. The summed E-state index contributed by atoms with van der Waals surface area (Å²) in [5.74, 6) is 1.06. The molecule has 1 heterocycles. The van der Waals surface area contributed by atoms with Crippen LogP contribution >= 0.6 is 0 Å². The Balaban J connectivity index is 1.42. The van der Waals surface area contributed by atoms with Gasteiger partial charge in [0.05, 0.1) is 13.2 Å². The number of ether oxygens (including phenoxy) is 1. The molecular weight excluding hydrogens is 200 g/mol. The van der Waals surface area contributed by atoms with E-state index in [0.29, 0.717) is 6.04 Å². The molecule has 0 aromatic carbocycles. The van der Waals surface area contributed by atoms with E-state index in [1.54, 1.807) is 0 Å². The van der Waals surface area contributed by atoms with Gasteiger partial charge in [-0.25, -0.2) is 0 Å². The predicted octanol–water partition coefficient (Wildman–Crippen LogP) is 1.24. The van der Waals surface area contributed by atoms with Gasteiger partial charge in [-0.15, -0.1) is 0 Å². The van der Waals surface area contributed by atoms with Crippen molar-refractivity contribution >= 4 is 0 Å². The first-order chi connectivity index (χ1) is 7.92. The van der Waals surface area contributed by atoms with Crippen LogP contribution in [0.4, 0.5) is 0 Å². The fourth-order valence-electron chi connectivity index (χ4n) is 2.52. The lowest BCUT2D eigenvalue weighted by atomic mass is 10.2. The Labute approximate surface area is 98.5 Å². The summed E-state index contributed by atoms with van der Waals surface area (Å²) in [5, 5.41) is 3.64. The molecule has 0 radical (unpaired) electrons. The highest BCUT2D eigenvalue weighted by atomic mass is 16.5. The molecule has 1 N–H and O–H groups in total. The van der Waals surface area contributed by atoms with Gasteiger partial charge in [0.1, 0.15) is 0 Å². The minimum absolute atomic E-state index is 0.632. The predicted molar refractivity (Wildman–Crippen MR) is 64.5 cm³/mol. The summed E-state index contributed by atoms with van der Waals surface area (Å²) in [7, 11) is 0. The number of rotatable bonds is 6. The number of hydrogen-bond acceptors (Lipinski definition) is 3. The molecule has 3 nitrogen and oxygen atoms in total. The Hall–Kier alpha value is -0.120. The van der Waals surface area contributed by atoms with Crippen LogP contribution in [-0.4, -0.2) is 49.8 Å². The molecule has 92 valence electrons. The van der Waals surface area contributed by atoms with Crippen LogP contribution in [0.1, 0.15) is 32.1 Å². The number of hydrogen-bond donors (Lipinski definition) is 1. The van der Waals surface area contributed by atoms with Crippen molar-refractivity contribution in [3.63, 3.8) is 0 Å². The topological polar surface area (TPSA) is 24.5 Å². The van der Waals surface area contributed by atoms with Crippen LogP contribution < -0.4 is 5.32 Å². The summed E-state index contributed by atoms with van der Waals surface area (Å²) in [6.07, 6.45) is 7.15. The normalized spacial score (nSPS) is 31.9.